The lowest BCUT2D eigenvalue weighted by atomic mass is 10.2. The highest BCUT2D eigenvalue weighted by Crippen LogP contribution is 2.31. The van der Waals surface area contributed by atoms with Crippen molar-refractivity contribution in [1.82, 2.24) is 10.3 Å². The number of aryl methyl sites for hydroxylation is 1. The molecule has 4 rings (SSSR count). The van der Waals surface area contributed by atoms with Crippen molar-refractivity contribution < 1.29 is 9.21 Å². The van der Waals surface area contributed by atoms with Crippen molar-refractivity contribution in [3.05, 3.63) is 64.5 Å². The molecule has 6 heteroatoms. The molecule has 0 saturated heterocycles. The molecule has 4 aromatic rings. The number of carbonyl (C=O) groups is 1. The summed E-state index contributed by atoms with van der Waals surface area (Å²) in [4.78, 5) is 17.9. The second-order valence-electron chi connectivity index (χ2n) is 5.96. The zero-order valence-corrected chi connectivity index (χ0v) is 15.7. The quantitative estimate of drug-likeness (QED) is 0.474. The number of thiazole rings is 1. The standard InChI is InChI=1S/C20H18N2O2S2/c23-19(9-3-5-15-6-4-12-25-15)21-13-14-10-11-17(24-14)20-22-16-7-1-2-8-18(16)26-20/h1-2,4,6-8,10-12H,3,5,9,13H2,(H,21,23). The summed E-state index contributed by atoms with van der Waals surface area (Å²) in [6, 6.07) is 16.0. The van der Waals surface area contributed by atoms with Crippen molar-refractivity contribution in [1.29, 1.82) is 0 Å². The third-order valence-corrected chi connectivity index (χ3v) is 6.02. The Hall–Kier alpha value is -2.44. The average Bonchev–Trinajstić information content (AvgIpc) is 3.39. The Bertz CT molecular complexity index is 969. The number of fused-ring (bicyclic) bond motifs is 1. The number of para-hydroxylation sites is 1. The smallest absolute Gasteiger partial charge is 0.220 e. The minimum Gasteiger partial charge on any atom is -0.457 e. The number of furan rings is 1. The fourth-order valence-corrected chi connectivity index (χ4v) is 4.40. The lowest BCUT2D eigenvalue weighted by Gasteiger charge is -2.02. The lowest BCUT2D eigenvalue weighted by Crippen LogP contribution is -2.22. The minimum absolute atomic E-state index is 0.0551. The van der Waals surface area contributed by atoms with E-state index in [1.165, 1.54) is 4.88 Å². The number of hydrogen-bond acceptors (Lipinski definition) is 5. The maximum atomic E-state index is 12.0. The van der Waals surface area contributed by atoms with Gasteiger partial charge < -0.3 is 9.73 Å². The van der Waals surface area contributed by atoms with Crippen molar-refractivity contribution in [2.45, 2.75) is 25.8 Å². The molecule has 0 atom stereocenters. The van der Waals surface area contributed by atoms with Gasteiger partial charge in [0.2, 0.25) is 5.91 Å². The van der Waals surface area contributed by atoms with Crippen LogP contribution in [0.1, 0.15) is 23.5 Å². The summed E-state index contributed by atoms with van der Waals surface area (Å²) in [5.41, 5.74) is 0.976. The van der Waals surface area contributed by atoms with E-state index in [2.05, 4.69) is 27.8 Å². The SMILES string of the molecule is O=C(CCCc1cccs1)NCc1ccc(-c2nc3ccccc3s2)o1. The van der Waals surface area contributed by atoms with Crippen LogP contribution in [0.3, 0.4) is 0 Å². The number of nitrogens with zero attached hydrogens (tertiary/aromatic N) is 1. The van der Waals surface area contributed by atoms with E-state index in [0.29, 0.717) is 13.0 Å². The van der Waals surface area contributed by atoms with Crippen molar-refractivity contribution in [3.63, 3.8) is 0 Å². The maximum Gasteiger partial charge on any atom is 0.220 e. The highest BCUT2D eigenvalue weighted by molar-refractivity contribution is 7.21. The Morgan fingerprint density at radius 3 is 2.88 bits per heavy atom. The average molecular weight is 383 g/mol. The van der Waals surface area contributed by atoms with Crippen LogP contribution in [0.25, 0.3) is 21.0 Å². The number of nitrogens with one attached hydrogen (secondary N) is 1. The van der Waals surface area contributed by atoms with Gasteiger partial charge in [0.15, 0.2) is 10.8 Å². The lowest BCUT2D eigenvalue weighted by molar-refractivity contribution is -0.121. The molecule has 0 aliphatic carbocycles. The van der Waals surface area contributed by atoms with Crippen LogP contribution in [0.4, 0.5) is 0 Å². The molecule has 0 bridgehead atoms. The van der Waals surface area contributed by atoms with Gasteiger partial charge in [0.1, 0.15) is 5.76 Å². The molecule has 3 heterocycles. The van der Waals surface area contributed by atoms with Crippen LogP contribution < -0.4 is 5.32 Å². The van der Waals surface area contributed by atoms with E-state index < -0.39 is 0 Å². The molecule has 1 amide bonds. The normalized spacial score (nSPS) is 11.1. The fraction of sp³-hybridized carbons (Fsp3) is 0.200. The first-order valence-electron chi connectivity index (χ1n) is 8.52. The van der Waals surface area contributed by atoms with Crippen LogP contribution >= 0.6 is 22.7 Å². The van der Waals surface area contributed by atoms with Crippen molar-refractivity contribution in [2.24, 2.45) is 0 Å². The number of carbonyl (C=O) groups excluding carboxylic acids is 1. The largest absolute Gasteiger partial charge is 0.457 e. The molecule has 0 aliphatic rings. The zero-order valence-electron chi connectivity index (χ0n) is 14.1. The molecule has 1 N–H and O–H groups in total. The van der Waals surface area contributed by atoms with Crippen LogP contribution in [-0.4, -0.2) is 10.9 Å². The summed E-state index contributed by atoms with van der Waals surface area (Å²) in [7, 11) is 0. The second kappa shape index (κ2) is 7.85. The summed E-state index contributed by atoms with van der Waals surface area (Å²) in [6.45, 7) is 0.405. The van der Waals surface area contributed by atoms with Crippen LogP contribution in [0.15, 0.2) is 58.3 Å². The van der Waals surface area contributed by atoms with E-state index in [4.69, 9.17) is 4.42 Å². The van der Waals surface area contributed by atoms with Gasteiger partial charge in [0.05, 0.1) is 16.8 Å². The van der Waals surface area contributed by atoms with Crippen molar-refractivity contribution in [3.8, 4) is 10.8 Å². The molecule has 0 aliphatic heterocycles. The highest BCUT2D eigenvalue weighted by Gasteiger charge is 2.11. The predicted molar refractivity (Wildman–Crippen MR) is 106 cm³/mol. The molecule has 0 saturated carbocycles. The van der Waals surface area contributed by atoms with Gasteiger partial charge in [0.25, 0.3) is 0 Å². The van der Waals surface area contributed by atoms with Gasteiger partial charge in [-0.3, -0.25) is 4.79 Å². The Kier molecular flexibility index (Phi) is 5.13. The molecule has 0 spiro atoms. The van der Waals surface area contributed by atoms with Gasteiger partial charge in [-0.2, -0.15) is 0 Å². The Morgan fingerprint density at radius 2 is 2.04 bits per heavy atom. The molecule has 26 heavy (non-hydrogen) atoms. The summed E-state index contributed by atoms with van der Waals surface area (Å²) in [5, 5.41) is 5.85. The Labute approximate surface area is 159 Å². The third kappa shape index (κ3) is 4.03. The van der Waals surface area contributed by atoms with Gasteiger partial charge in [-0.05, 0) is 48.6 Å². The van der Waals surface area contributed by atoms with Gasteiger partial charge in [-0.15, -0.1) is 22.7 Å². The third-order valence-electron chi connectivity index (χ3n) is 4.03. The molecule has 0 fully saturated rings. The van der Waals surface area contributed by atoms with E-state index in [0.717, 1.165) is 39.6 Å². The van der Waals surface area contributed by atoms with E-state index in [1.807, 2.05) is 36.4 Å². The summed E-state index contributed by atoms with van der Waals surface area (Å²) < 4.78 is 6.99. The van der Waals surface area contributed by atoms with Gasteiger partial charge >= 0.3 is 0 Å². The van der Waals surface area contributed by atoms with Crippen LogP contribution in [0.5, 0.6) is 0 Å². The monoisotopic (exact) mass is 382 g/mol. The Balaban J connectivity index is 1.30. The predicted octanol–water partition coefficient (Wildman–Crippen LogP) is 5.26. The zero-order chi connectivity index (χ0) is 17.8. The van der Waals surface area contributed by atoms with Crippen LogP contribution in [0, 0.1) is 0 Å². The number of thiophene rings is 1. The van der Waals surface area contributed by atoms with Crippen LogP contribution in [0.2, 0.25) is 0 Å². The van der Waals surface area contributed by atoms with E-state index in [-0.39, 0.29) is 5.91 Å². The second-order valence-corrected chi connectivity index (χ2v) is 8.03. The molecule has 1 aromatic carbocycles. The first kappa shape index (κ1) is 17.0. The van der Waals surface area contributed by atoms with E-state index in [9.17, 15) is 4.79 Å². The van der Waals surface area contributed by atoms with Gasteiger partial charge in [-0.1, -0.05) is 18.2 Å². The molecule has 0 unspecified atom stereocenters. The summed E-state index contributed by atoms with van der Waals surface area (Å²) in [6.07, 6.45) is 2.35. The highest BCUT2D eigenvalue weighted by atomic mass is 32.1. The summed E-state index contributed by atoms with van der Waals surface area (Å²) >= 11 is 3.34. The summed E-state index contributed by atoms with van der Waals surface area (Å²) in [5.74, 6) is 1.54. The van der Waals surface area contributed by atoms with Gasteiger partial charge in [0, 0.05) is 11.3 Å². The topological polar surface area (TPSA) is 55.1 Å². The number of amides is 1. The molecule has 132 valence electrons. The first-order valence-corrected chi connectivity index (χ1v) is 10.2. The van der Waals surface area contributed by atoms with Crippen molar-refractivity contribution in [2.75, 3.05) is 0 Å². The maximum absolute atomic E-state index is 12.0. The molecule has 3 aromatic heterocycles. The number of aromatic nitrogens is 1. The van der Waals surface area contributed by atoms with E-state index >= 15 is 0 Å². The van der Waals surface area contributed by atoms with E-state index in [1.54, 1.807) is 22.7 Å². The number of rotatable bonds is 7. The number of benzene rings is 1. The molecule has 0 radical (unpaired) electrons. The molecular formula is C20H18N2O2S2. The Morgan fingerprint density at radius 1 is 1.12 bits per heavy atom. The molecule has 4 nitrogen and oxygen atoms in total. The van der Waals surface area contributed by atoms with Crippen molar-refractivity contribution >= 4 is 38.8 Å². The minimum atomic E-state index is 0.0551. The number of hydrogen-bond donors (Lipinski definition) is 1. The fourth-order valence-electron chi connectivity index (χ4n) is 2.72. The first-order chi connectivity index (χ1) is 12.8. The van der Waals surface area contributed by atoms with Crippen LogP contribution in [-0.2, 0) is 17.8 Å². The molecular weight excluding hydrogens is 364 g/mol. The van der Waals surface area contributed by atoms with Gasteiger partial charge in [-0.25, -0.2) is 4.98 Å².